The highest BCUT2D eigenvalue weighted by Crippen LogP contribution is 2.19. The largest absolute Gasteiger partial charge is 0.378 e. The number of fused-ring (bicyclic) bond motifs is 1. The Morgan fingerprint density at radius 1 is 1.03 bits per heavy atom. The Kier molecular flexibility index (Phi) is 8.75. The van der Waals surface area contributed by atoms with E-state index in [1.165, 1.54) is 17.3 Å². The van der Waals surface area contributed by atoms with Crippen LogP contribution in [0.3, 0.4) is 0 Å². The highest BCUT2D eigenvalue weighted by Gasteiger charge is 2.05. The lowest BCUT2D eigenvalue weighted by Gasteiger charge is -2.14. The average Bonchev–Trinajstić information content (AvgIpc) is 3.09. The fourth-order valence-electron chi connectivity index (χ4n) is 3.18. The predicted octanol–water partition coefficient (Wildman–Crippen LogP) is 3.94. The molecular formula is C22H29FIN5. The van der Waals surface area contributed by atoms with Crippen molar-refractivity contribution in [3.63, 3.8) is 0 Å². The minimum absolute atomic E-state index is 0. The van der Waals surface area contributed by atoms with Gasteiger partial charge in [0.1, 0.15) is 5.82 Å². The van der Waals surface area contributed by atoms with Crippen molar-refractivity contribution in [3.8, 4) is 0 Å². The van der Waals surface area contributed by atoms with Gasteiger partial charge in [-0.25, -0.2) is 4.39 Å². The highest BCUT2D eigenvalue weighted by atomic mass is 127. The third kappa shape index (κ3) is 6.35. The summed E-state index contributed by atoms with van der Waals surface area (Å²) in [5, 5.41) is 7.60. The van der Waals surface area contributed by atoms with Gasteiger partial charge in [-0.3, -0.25) is 4.99 Å². The molecule has 0 aliphatic rings. The molecule has 0 amide bonds. The van der Waals surface area contributed by atoms with E-state index in [2.05, 4.69) is 49.8 Å². The summed E-state index contributed by atoms with van der Waals surface area (Å²) in [6.07, 6.45) is 3.66. The van der Waals surface area contributed by atoms with Crippen molar-refractivity contribution in [1.82, 2.24) is 15.6 Å². The summed E-state index contributed by atoms with van der Waals surface area (Å²) in [4.78, 5) is 9.55. The number of anilines is 1. The number of aromatic nitrogens is 1. The Balaban J connectivity index is 0.00000300. The Bertz CT molecular complexity index is 934. The number of H-pyrrole nitrogens is 1. The van der Waals surface area contributed by atoms with E-state index in [1.54, 1.807) is 19.2 Å². The quantitative estimate of drug-likeness (QED) is 0.257. The van der Waals surface area contributed by atoms with Crippen LogP contribution in [-0.4, -0.2) is 45.2 Å². The molecule has 1 aromatic heterocycles. The van der Waals surface area contributed by atoms with Gasteiger partial charge in [0.15, 0.2) is 5.96 Å². The van der Waals surface area contributed by atoms with Crippen LogP contribution in [0.4, 0.5) is 10.1 Å². The number of halogens is 2. The molecule has 2 aromatic carbocycles. The molecule has 3 N–H and O–H groups in total. The van der Waals surface area contributed by atoms with Crippen molar-refractivity contribution in [1.29, 1.82) is 0 Å². The van der Waals surface area contributed by atoms with Gasteiger partial charge in [-0.2, -0.15) is 0 Å². The van der Waals surface area contributed by atoms with Gasteiger partial charge in [0, 0.05) is 57.0 Å². The van der Waals surface area contributed by atoms with Crippen LogP contribution in [0.15, 0.2) is 53.7 Å². The summed E-state index contributed by atoms with van der Waals surface area (Å²) in [6, 6.07) is 13.4. The number of rotatable bonds is 7. The third-order valence-electron chi connectivity index (χ3n) is 4.80. The average molecular weight is 509 g/mol. The van der Waals surface area contributed by atoms with E-state index < -0.39 is 0 Å². The van der Waals surface area contributed by atoms with E-state index in [0.717, 1.165) is 48.4 Å². The van der Waals surface area contributed by atoms with Crippen molar-refractivity contribution in [2.75, 3.05) is 39.1 Å². The zero-order valence-electron chi connectivity index (χ0n) is 17.1. The molecule has 29 heavy (non-hydrogen) atoms. The molecule has 1 heterocycles. The van der Waals surface area contributed by atoms with Crippen LogP contribution < -0.4 is 15.5 Å². The molecule has 0 saturated carbocycles. The molecule has 0 aliphatic carbocycles. The zero-order valence-corrected chi connectivity index (χ0v) is 19.5. The van der Waals surface area contributed by atoms with Crippen LogP contribution in [-0.2, 0) is 12.8 Å². The maximum Gasteiger partial charge on any atom is 0.190 e. The first kappa shape index (κ1) is 23.0. The van der Waals surface area contributed by atoms with Crippen LogP contribution in [0.1, 0.15) is 11.1 Å². The summed E-state index contributed by atoms with van der Waals surface area (Å²) in [5.74, 6) is 0.563. The lowest BCUT2D eigenvalue weighted by Crippen LogP contribution is -2.39. The standard InChI is InChI=1S/C22H28FN5.HI/c1-24-22(25-12-10-16-4-7-19(8-5-16)28(2)3)26-13-11-17-15-27-21-9-6-18(23)14-20(17)21;/h4-9,14-15,27H,10-13H2,1-3H3,(H2,24,25,26);1H. The van der Waals surface area contributed by atoms with Gasteiger partial charge < -0.3 is 20.5 Å². The predicted molar refractivity (Wildman–Crippen MR) is 131 cm³/mol. The van der Waals surface area contributed by atoms with Crippen LogP contribution in [0.2, 0.25) is 0 Å². The summed E-state index contributed by atoms with van der Waals surface area (Å²) < 4.78 is 13.5. The lowest BCUT2D eigenvalue weighted by molar-refractivity contribution is 0.629. The van der Waals surface area contributed by atoms with E-state index in [9.17, 15) is 4.39 Å². The molecule has 0 bridgehead atoms. The molecule has 0 aliphatic heterocycles. The molecule has 156 valence electrons. The van der Waals surface area contributed by atoms with Crippen molar-refractivity contribution >= 4 is 46.5 Å². The van der Waals surface area contributed by atoms with Crippen molar-refractivity contribution in [2.45, 2.75) is 12.8 Å². The first-order chi connectivity index (χ1) is 13.6. The number of guanidine groups is 1. The Labute approximate surface area is 188 Å². The second kappa shape index (κ2) is 11.0. The second-order valence-corrected chi connectivity index (χ2v) is 6.99. The first-order valence-electron chi connectivity index (χ1n) is 9.53. The highest BCUT2D eigenvalue weighted by molar-refractivity contribution is 14.0. The molecule has 3 aromatic rings. The molecule has 0 fully saturated rings. The minimum Gasteiger partial charge on any atom is -0.378 e. The second-order valence-electron chi connectivity index (χ2n) is 6.99. The Hall–Kier alpha value is -2.29. The molecule has 0 spiro atoms. The molecule has 0 atom stereocenters. The number of benzene rings is 2. The normalized spacial score (nSPS) is 11.2. The van der Waals surface area contributed by atoms with Crippen molar-refractivity contribution < 1.29 is 4.39 Å². The van der Waals surface area contributed by atoms with Crippen LogP contribution in [0, 0.1) is 5.82 Å². The number of aromatic amines is 1. The van der Waals surface area contributed by atoms with E-state index in [1.807, 2.05) is 20.3 Å². The molecule has 0 unspecified atom stereocenters. The molecule has 3 rings (SSSR count). The summed E-state index contributed by atoms with van der Waals surface area (Å²) >= 11 is 0. The molecule has 0 saturated heterocycles. The SMILES string of the molecule is CN=C(NCCc1ccc(N(C)C)cc1)NCCc1c[nH]c2ccc(F)cc12.I. The Morgan fingerprint density at radius 2 is 1.72 bits per heavy atom. The van der Waals surface area contributed by atoms with Gasteiger partial charge in [0.05, 0.1) is 0 Å². The molecule has 7 heteroatoms. The zero-order chi connectivity index (χ0) is 19.9. The topological polar surface area (TPSA) is 55.5 Å². The van der Waals surface area contributed by atoms with Crippen molar-refractivity contribution in [3.05, 3.63) is 65.6 Å². The summed E-state index contributed by atoms with van der Waals surface area (Å²) in [7, 11) is 5.85. The Morgan fingerprint density at radius 3 is 2.38 bits per heavy atom. The first-order valence-corrected chi connectivity index (χ1v) is 9.53. The molecular weight excluding hydrogens is 480 g/mol. The van der Waals surface area contributed by atoms with Crippen molar-refractivity contribution in [2.24, 2.45) is 4.99 Å². The van der Waals surface area contributed by atoms with Crippen LogP contribution >= 0.6 is 24.0 Å². The fourth-order valence-corrected chi connectivity index (χ4v) is 3.18. The van der Waals surface area contributed by atoms with Gasteiger partial charge in [-0.1, -0.05) is 12.1 Å². The monoisotopic (exact) mass is 509 g/mol. The van der Waals surface area contributed by atoms with E-state index in [4.69, 9.17) is 0 Å². The fraction of sp³-hybridized carbons (Fsp3) is 0.318. The number of nitrogens with zero attached hydrogens (tertiary/aromatic N) is 2. The maximum absolute atomic E-state index is 13.5. The summed E-state index contributed by atoms with van der Waals surface area (Å²) in [5.41, 5.74) is 4.54. The molecule has 0 radical (unpaired) electrons. The number of nitrogens with one attached hydrogen (secondary N) is 3. The van der Waals surface area contributed by atoms with Gasteiger partial charge in [0.2, 0.25) is 0 Å². The summed E-state index contributed by atoms with van der Waals surface area (Å²) in [6.45, 7) is 1.53. The number of aliphatic imine (C=N–C) groups is 1. The van der Waals surface area contributed by atoms with Gasteiger partial charge in [-0.05, 0) is 54.3 Å². The molecule has 5 nitrogen and oxygen atoms in total. The van der Waals surface area contributed by atoms with E-state index in [0.29, 0.717) is 0 Å². The van der Waals surface area contributed by atoms with E-state index >= 15 is 0 Å². The number of hydrogen-bond acceptors (Lipinski definition) is 2. The minimum atomic E-state index is -0.211. The van der Waals surface area contributed by atoms with Gasteiger partial charge >= 0.3 is 0 Å². The maximum atomic E-state index is 13.5. The third-order valence-corrected chi connectivity index (χ3v) is 4.80. The van der Waals surface area contributed by atoms with E-state index in [-0.39, 0.29) is 29.8 Å². The smallest absolute Gasteiger partial charge is 0.190 e. The van der Waals surface area contributed by atoms with Crippen LogP contribution in [0.25, 0.3) is 10.9 Å². The van der Waals surface area contributed by atoms with Gasteiger partial charge in [-0.15, -0.1) is 24.0 Å². The van der Waals surface area contributed by atoms with Crippen LogP contribution in [0.5, 0.6) is 0 Å². The number of hydrogen-bond donors (Lipinski definition) is 3. The lowest BCUT2D eigenvalue weighted by atomic mass is 10.1. The van der Waals surface area contributed by atoms with Gasteiger partial charge in [0.25, 0.3) is 0 Å².